The van der Waals surface area contributed by atoms with Gasteiger partial charge in [0.15, 0.2) is 0 Å². The van der Waals surface area contributed by atoms with Crippen molar-refractivity contribution in [3.8, 4) is 16.9 Å². The lowest BCUT2D eigenvalue weighted by Gasteiger charge is -2.17. The van der Waals surface area contributed by atoms with Crippen LogP contribution in [0.4, 0.5) is 0 Å². The van der Waals surface area contributed by atoms with Gasteiger partial charge >= 0.3 is 0 Å². The summed E-state index contributed by atoms with van der Waals surface area (Å²) in [7, 11) is 0. The molecule has 6 aromatic rings. The highest BCUT2D eigenvalue weighted by Gasteiger charge is 2.17. The molecule has 6 aromatic carbocycles. The summed E-state index contributed by atoms with van der Waals surface area (Å²) in [6, 6.07) is 31.5. The van der Waals surface area contributed by atoms with Crippen LogP contribution in [-0.2, 0) is 0 Å². The van der Waals surface area contributed by atoms with Crippen LogP contribution in [0.5, 0.6) is 5.75 Å². The third kappa shape index (κ3) is 1.89. The van der Waals surface area contributed by atoms with E-state index in [1.165, 1.54) is 43.1 Å². The summed E-state index contributed by atoms with van der Waals surface area (Å²) < 4.78 is 0. The number of phenolic OH excluding ortho intramolecular Hbond substituents is 1. The predicted molar refractivity (Wildman–Crippen MR) is 115 cm³/mol. The van der Waals surface area contributed by atoms with Crippen LogP contribution in [0.15, 0.2) is 91.0 Å². The molecule has 0 saturated heterocycles. The van der Waals surface area contributed by atoms with Crippen molar-refractivity contribution in [2.45, 2.75) is 0 Å². The number of phenols is 1. The molecule has 0 atom stereocenters. The number of benzene rings is 6. The van der Waals surface area contributed by atoms with E-state index in [-0.39, 0.29) is 0 Å². The molecule has 6 rings (SSSR count). The van der Waals surface area contributed by atoms with Gasteiger partial charge in [0.25, 0.3) is 0 Å². The lowest BCUT2D eigenvalue weighted by atomic mass is 9.86. The Balaban J connectivity index is 1.98. The van der Waals surface area contributed by atoms with E-state index >= 15 is 0 Å². The van der Waals surface area contributed by atoms with E-state index in [0.29, 0.717) is 5.75 Å². The van der Waals surface area contributed by atoms with Gasteiger partial charge in [-0.2, -0.15) is 0 Å². The van der Waals surface area contributed by atoms with Crippen molar-refractivity contribution in [3.63, 3.8) is 0 Å². The van der Waals surface area contributed by atoms with Crippen molar-refractivity contribution < 1.29 is 5.11 Å². The molecule has 0 radical (unpaired) electrons. The molecule has 126 valence electrons. The first kappa shape index (κ1) is 14.6. The molecule has 0 aromatic heterocycles. The first-order valence-electron chi connectivity index (χ1n) is 9.19. The van der Waals surface area contributed by atoms with Gasteiger partial charge in [0.05, 0.1) is 0 Å². The number of aromatic hydroxyl groups is 1. The standard InChI is InChI=1S/C26H16O/c27-23-13-2-1-9-18(23)21-15-14-17-8-4-11-20-19-10-3-6-16-7-5-12-22(24(16)19)26(21)25(17)20/h1-15,27H. The van der Waals surface area contributed by atoms with Crippen LogP contribution in [0.25, 0.3) is 54.2 Å². The summed E-state index contributed by atoms with van der Waals surface area (Å²) in [6.07, 6.45) is 0. The Morgan fingerprint density at radius 2 is 1.04 bits per heavy atom. The highest BCUT2D eigenvalue weighted by molar-refractivity contribution is 6.35. The summed E-state index contributed by atoms with van der Waals surface area (Å²) in [5.74, 6) is 0.316. The van der Waals surface area contributed by atoms with Crippen LogP contribution in [0, 0.1) is 0 Å². The smallest absolute Gasteiger partial charge is 0.123 e. The molecule has 0 aliphatic carbocycles. The highest BCUT2D eigenvalue weighted by Crippen LogP contribution is 2.45. The van der Waals surface area contributed by atoms with E-state index in [9.17, 15) is 5.11 Å². The van der Waals surface area contributed by atoms with E-state index in [1.807, 2.05) is 18.2 Å². The third-order valence-electron chi connectivity index (χ3n) is 5.70. The van der Waals surface area contributed by atoms with E-state index in [0.717, 1.165) is 11.1 Å². The Labute approximate surface area is 156 Å². The molecule has 0 unspecified atom stereocenters. The van der Waals surface area contributed by atoms with Gasteiger partial charge in [0, 0.05) is 5.56 Å². The van der Waals surface area contributed by atoms with Crippen LogP contribution in [0.3, 0.4) is 0 Å². The number of fused-ring (bicyclic) bond motifs is 2. The molecule has 0 aliphatic heterocycles. The summed E-state index contributed by atoms with van der Waals surface area (Å²) in [4.78, 5) is 0. The SMILES string of the molecule is Oc1ccccc1-c1ccc2cccc3c4cccc5cccc(c1c23)c54. The van der Waals surface area contributed by atoms with Gasteiger partial charge in [-0.05, 0) is 54.7 Å². The molecule has 0 fully saturated rings. The molecule has 0 heterocycles. The maximum Gasteiger partial charge on any atom is 0.123 e. The third-order valence-corrected chi connectivity index (χ3v) is 5.70. The van der Waals surface area contributed by atoms with Crippen molar-refractivity contribution in [2.75, 3.05) is 0 Å². The molecular formula is C26H16O. The second kappa shape index (κ2) is 5.21. The Kier molecular flexibility index (Phi) is 2.81. The number of rotatable bonds is 1. The monoisotopic (exact) mass is 344 g/mol. The topological polar surface area (TPSA) is 20.2 Å². The van der Waals surface area contributed by atoms with Crippen molar-refractivity contribution in [1.82, 2.24) is 0 Å². The maximum atomic E-state index is 10.5. The van der Waals surface area contributed by atoms with Crippen LogP contribution < -0.4 is 0 Å². The molecule has 0 bridgehead atoms. The largest absolute Gasteiger partial charge is 0.507 e. The molecular weight excluding hydrogens is 328 g/mol. The average Bonchev–Trinajstić information content (AvgIpc) is 2.72. The van der Waals surface area contributed by atoms with Crippen LogP contribution in [0.2, 0.25) is 0 Å². The van der Waals surface area contributed by atoms with Crippen molar-refractivity contribution in [2.24, 2.45) is 0 Å². The molecule has 1 heteroatoms. The minimum Gasteiger partial charge on any atom is -0.507 e. The Morgan fingerprint density at radius 3 is 1.78 bits per heavy atom. The zero-order chi connectivity index (χ0) is 18.0. The second-order valence-corrected chi connectivity index (χ2v) is 7.12. The zero-order valence-electron chi connectivity index (χ0n) is 14.6. The quantitative estimate of drug-likeness (QED) is 0.249. The second-order valence-electron chi connectivity index (χ2n) is 7.12. The van der Waals surface area contributed by atoms with E-state index in [2.05, 4.69) is 66.7 Å². The van der Waals surface area contributed by atoms with Gasteiger partial charge in [0.1, 0.15) is 5.75 Å². The lowest BCUT2D eigenvalue weighted by Crippen LogP contribution is -1.90. The molecule has 1 N–H and O–H groups in total. The minimum absolute atomic E-state index is 0.316. The van der Waals surface area contributed by atoms with Gasteiger partial charge in [-0.1, -0.05) is 84.9 Å². The molecule has 0 saturated carbocycles. The normalized spacial score (nSPS) is 11.9. The Morgan fingerprint density at radius 1 is 0.407 bits per heavy atom. The van der Waals surface area contributed by atoms with Gasteiger partial charge in [0.2, 0.25) is 0 Å². The number of hydrogen-bond donors (Lipinski definition) is 1. The van der Waals surface area contributed by atoms with E-state index < -0.39 is 0 Å². The molecule has 0 aliphatic rings. The maximum absolute atomic E-state index is 10.5. The summed E-state index contributed by atoms with van der Waals surface area (Å²) >= 11 is 0. The lowest BCUT2D eigenvalue weighted by molar-refractivity contribution is 0.477. The molecule has 27 heavy (non-hydrogen) atoms. The Bertz CT molecular complexity index is 1470. The van der Waals surface area contributed by atoms with Gasteiger partial charge in [-0.3, -0.25) is 0 Å². The van der Waals surface area contributed by atoms with Crippen molar-refractivity contribution in [3.05, 3.63) is 91.0 Å². The zero-order valence-corrected chi connectivity index (χ0v) is 14.6. The summed E-state index contributed by atoms with van der Waals surface area (Å²) in [6.45, 7) is 0. The van der Waals surface area contributed by atoms with E-state index in [1.54, 1.807) is 6.07 Å². The van der Waals surface area contributed by atoms with Crippen LogP contribution in [0.1, 0.15) is 0 Å². The summed E-state index contributed by atoms with van der Waals surface area (Å²) in [5.41, 5.74) is 1.95. The van der Waals surface area contributed by atoms with Gasteiger partial charge in [-0.15, -0.1) is 0 Å². The van der Waals surface area contributed by atoms with Gasteiger partial charge in [-0.25, -0.2) is 0 Å². The van der Waals surface area contributed by atoms with Crippen molar-refractivity contribution in [1.29, 1.82) is 0 Å². The fourth-order valence-corrected chi connectivity index (χ4v) is 4.58. The average molecular weight is 344 g/mol. The minimum atomic E-state index is 0.316. The fourth-order valence-electron chi connectivity index (χ4n) is 4.58. The number of para-hydroxylation sites is 1. The molecule has 0 amide bonds. The Hall–Kier alpha value is -3.58. The fraction of sp³-hybridized carbons (Fsp3) is 0. The first-order valence-corrected chi connectivity index (χ1v) is 9.19. The number of hydrogen-bond acceptors (Lipinski definition) is 1. The van der Waals surface area contributed by atoms with Crippen LogP contribution >= 0.6 is 0 Å². The highest BCUT2D eigenvalue weighted by atomic mass is 16.3. The first-order chi connectivity index (χ1) is 13.3. The molecule has 0 spiro atoms. The van der Waals surface area contributed by atoms with Crippen LogP contribution in [-0.4, -0.2) is 5.11 Å². The van der Waals surface area contributed by atoms with E-state index in [4.69, 9.17) is 0 Å². The van der Waals surface area contributed by atoms with Gasteiger partial charge < -0.3 is 5.11 Å². The predicted octanol–water partition coefficient (Wildman–Crippen LogP) is 7.11. The molecule has 1 nitrogen and oxygen atoms in total. The van der Waals surface area contributed by atoms with Crippen molar-refractivity contribution >= 4 is 43.1 Å². The summed E-state index contributed by atoms with van der Waals surface area (Å²) in [5, 5.41) is 20.6.